The normalized spacial score (nSPS) is 28.5. The van der Waals surface area contributed by atoms with E-state index >= 15 is 0 Å². The van der Waals surface area contributed by atoms with E-state index in [9.17, 15) is 4.79 Å². The minimum atomic E-state index is -0.747. The zero-order valence-corrected chi connectivity index (χ0v) is 14.8. The van der Waals surface area contributed by atoms with Crippen LogP contribution in [0.4, 0.5) is 4.79 Å². The summed E-state index contributed by atoms with van der Waals surface area (Å²) in [7, 11) is 1.62. The smallest absolute Gasteiger partial charge is 0.411 e. The second kappa shape index (κ2) is 6.13. The van der Waals surface area contributed by atoms with Gasteiger partial charge in [0, 0.05) is 26.5 Å². The van der Waals surface area contributed by atoms with Crippen molar-refractivity contribution in [2.24, 2.45) is 5.73 Å². The number of rotatable bonds is 2. The maximum atomic E-state index is 12.7. The Morgan fingerprint density at radius 1 is 1.26 bits per heavy atom. The average Bonchev–Trinajstić information content (AvgIpc) is 2.46. The van der Waals surface area contributed by atoms with Gasteiger partial charge in [-0.3, -0.25) is 4.90 Å². The van der Waals surface area contributed by atoms with Crippen LogP contribution >= 0.6 is 0 Å². The molecule has 1 aromatic rings. The van der Waals surface area contributed by atoms with Gasteiger partial charge in [-0.25, -0.2) is 4.79 Å². The molecule has 0 bridgehead atoms. The first-order chi connectivity index (χ1) is 10.6. The van der Waals surface area contributed by atoms with Crippen LogP contribution in [0, 0.1) is 0 Å². The number of nitrogens with zero attached hydrogens (tertiary/aromatic N) is 1. The van der Waals surface area contributed by atoms with E-state index in [-0.39, 0.29) is 6.09 Å². The van der Waals surface area contributed by atoms with Crippen molar-refractivity contribution in [1.29, 1.82) is 0 Å². The molecule has 0 aliphatic carbocycles. The fraction of sp³-hybridized carbons (Fsp3) is 0.611. The number of hydrogen-bond donors (Lipinski definition) is 1. The molecule has 1 heterocycles. The van der Waals surface area contributed by atoms with Crippen molar-refractivity contribution < 1.29 is 14.3 Å². The van der Waals surface area contributed by atoms with E-state index in [1.165, 1.54) is 0 Å². The van der Waals surface area contributed by atoms with E-state index in [1.807, 2.05) is 58.0 Å². The van der Waals surface area contributed by atoms with E-state index in [1.54, 1.807) is 12.0 Å². The third kappa shape index (κ3) is 3.85. The van der Waals surface area contributed by atoms with Crippen LogP contribution in [-0.4, -0.2) is 36.0 Å². The number of hydrogen-bond acceptors (Lipinski definition) is 4. The first kappa shape index (κ1) is 17.8. The number of carbonyl (C=O) groups excluding carboxylic acids is 1. The molecular formula is C18H28N2O3. The quantitative estimate of drug-likeness (QED) is 0.850. The van der Waals surface area contributed by atoms with Crippen molar-refractivity contribution in [3.05, 3.63) is 35.9 Å². The zero-order valence-electron chi connectivity index (χ0n) is 14.8. The Balaban J connectivity index is 2.38. The molecule has 1 amide bonds. The van der Waals surface area contributed by atoms with Crippen LogP contribution in [0.15, 0.2) is 30.3 Å². The van der Waals surface area contributed by atoms with Gasteiger partial charge in [-0.1, -0.05) is 30.3 Å². The van der Waals surface area contributed by atoms with E-state index < -0.39 is 16.9 Å². The number of likely N-dealkylation sites (tertiary alicyclic amines) is 1. The van der Waals surface area contributed by atoms with E-state index in [2.05, 4.69) is 0 Å². The highest BCUT2D eigenvalue weighted by Crippen LogP contribution is 2.41. The summed E-state index contributed by atoms with van der Waals surface area (Å²) in [5.74, 6) is 0. The van der Waals surface area contributed by atoms with Crippen molar-refractivity contribution in [1.82, 2.24) is 4.90 Å². The summed E-state index contributed by atoms with van der Waals surface area (Å²) in [6.45, 7) is 8.13. The molecule has 0 radical (unpaired) electrons. The number of nitrogens with two attached hydrogens (primary N) is 1. The monoisotopic (exact) mass is 320 g/mol. The highest BCUT2D eigenvalue weighted by molar-refractivity contribution is 5.70. The molecule has 2 rings (SSSR count). The van der Waals surface area contributed by atoms with Crippen molar-refractivity contribution in [3.8, 4) is 0 Å². The Kier molecular flexibility index (Phi) is 4.74. The van der Waals surface area contributed by atoms with Crippen molar-refractivity contribution in [3.63, 3.8) is 0 Å². The number of carbonyl (C=O) groups is 1. The number of methoxy groups -OCH3 is 1. The first-order valence-corrected chi connectivity index (χ1v) is 8.00. The van der Waals surface area contributed by atoms with E-state index in [4.69, 9.17) is 15.2 Å². The van der Waals surface area contributed by atoms with Crippen LogP contribution in [0.5, 0.6) is 0 Å². The molecule has 1 aromatic carbocycles. The van der Waals surface area contributed by atoms with Crippen LogP contribution in [-0.2, 0) is 15.0 Å². The number of benzene rings is 1. The predicted molar refractivity (Wildman–Crippen MR) is 89.9 cm³/mol. The molecule has 2 N–H and O–H groups in total. The molecule has 2 atom stereocenters. The SMILES string of the molecule is COC1(N)CCN(C(=O)OC(C)(C)C)C(C)(c2ccccc2)C1. The molecule has 5 nitrogen and oxygen atoms in total. The zero-order chi connectivity index (χ0) is 17.3. The van der Waals surface area contributed by atoms with Gasteiger partial charge >= 0.3 is 6.09 Å². The molecule has 0 spiro atoms. The highest BCUT2D eigenvalue weighted by atomic mass is 16.6. The topological polar surface area (TPSA) is 64.8 Å². The van der Waals surface area contributed by atoms with Gasteiger partial charge in [-0.2, -0.15) is 0 Å². The summed E-state index contributed by atoms with van der Waals surface area (Å²) in [5.41, 5.74) is 5.53. The predicted octanol–water partition coefficient (Wildman–Crippen LogP) is 3.23. The molecule has 128 valence electrons. The van der Waals surface area contributed by atoms with Gasteiger partial charge in [-0.15, -0.1) is 0 Å². The lowest BCUT2D eigenvalue weighted by Gasteiger charge is -2.51. The molecule has 1 fully saturated rings. The van der Waals surface area contributed by atoms with Crippen LogP contribution < -0.4 is 5.73 Å². The molecule has 5 heteroatoms. The van der Waals surface area contributed by atoms with Gasteiger partial charge < -0.3 is 15.2 Å². The Morgan fingerprint density at radius 2 is 1.87 bits per heavy atom. The van der Waals surface area contributed by atoms with Gasteiger partial charge in [0.25, 0.3) is 0 Å². The fourth-order valence-corrected chi connectivity index (χ4v) is 3.15. The summed E-state index contributed by atoms with van der Waals surface area (Å²) in [6, 6.07) is 9.91. The van der Waals surface area contributed by atoms with Gasteiger partial charge in [0.1, 0.15) is 11.3 Å². The van der Waals surface area contributed by atoms with Gasteiger partial charge in [0.15, 0.2) is 0 Å². The van der Waals surface area contributed by atoms with E-state index in [0.717, 1.165) is 5.56 Å². The Morgan fingerprint density at radius 3 is 2.39 bits per heavy atom. The summed E-state index contributed by atoms with van der Waals surface area (Å²) in [6.07, 6.45) is 0.771. The summed E-state index contributed by atoms with van der Waals surface area (Å²) in [4.78, 5) is 14.5. The lowest BCUT2D eigenvalue weighted by atomic mass is 9.78. The Labute approximate surface area is 138 Å². The fourth-order valence-electron chi connectivity index (χ4n) is 3.15. The molecule has 0 aromatic heterocycles. The summed E-state index contributed by atoms with van der Waals surface area (Å²) < 4.78 is 11.1. The molecule has 23 heavy (non-hydrogen) atoms. The summed E-state index contributed by atoms with van der Waals surface area (Å²) >= 11 is 0. The standard InChI is InChI=1S/C18H28N2O3/c1-16(2,3)23-15(21)20-12-11-18(19,22-5)13-17(20,4)14-9-7-6-8-10-14/h6-10H,11-13,19H2,1-5H3. The lowest BCUT2D eigenvalue weighted by Crippen LogP contribution is -2.62. The Hall–Kier alpha value is -1.59. The van der Waals surface area contributed by atoms with Gasteiger partial charge in [0.2, 0.25) is 0 Å². The molecular weight excluding hydrogens is 292 g/mol. The van der Waals surface area contributed by atoms with Crippen molar-refractivity contribution in [2.45, 2.75) is 57.4 Å². The second-order valence-electron chi connectivity index (χ2n) is 7.47. The van der Waals surface area contributed by atoms with Crippen LogP contribution in [0.3, 0.4) is 0 Å². The van der Waals surface area contributed by atoms with Crippen LogP contribution in [0.25, 0.3) is 0 Å². The number of amides is 1. The van der Waals surface area contributed by atoms with Crippen LogP contribution in [0.1, 0.15) is 46.1 Å². The number of ether oxygens (including phenoxy) is 2. The lowest BCUT2D eigenvalue weighted by molar-refractivity contribution is -0.104. The highest BCUT2D eigenvalue weighted by Gasteiger charge is 2.49. The number of piperidine rings is 1. The third-order valence-electron chi connectivity index (χ3n) is 4.41. The largest absolute Gasteiger partial charge is 0.444 e. The molecule has 1 saturated heterocycles. The minimum Gasteiger partial charge on any atom is -0.444 e. The molecule has 2 unspecified atom stereocenters. The molecule has 1 aliphatic rings. The second-order valence-corrected chi connectivity index (χ2v) is 7.47. The van der Waals surface area contributed by atoms with Crippen molar-refractivity contribution >= 4 is 6.09 Å². The van der Waals surface area contributed by atoms with Crippen LogP contribution in [0.2, 0.25) is 0 Å². The van der Waals surface area contributed by atoms with Gasteiger partial charge in [0.05, 0.1) is 5.54 Å². The third-order valence-corrected chi connectivity index (χ3v) is 4.41. The maximum absolute atomic E-state index is 12.7. The average molecular weight is 320 g/mol. The first-order valence-electron chi connectivity index (χ1n) is 8.00. The summed E-state index contributed by atoms with van der Waals surface area (Å²) in [5, 5.41) is 0. The van der Waals surface area contributed by atoms with Crippen molar-refractivity contribution in [2.75, 3.05) is 13.7 Å². The molecule has 1 aliphatic heterocycles. The maximum Gasteiger partial charge on any atom is 0.411 e. The van der Waals surface area contributed by atoms with Gasteiger partial charge in [-0.05, 0) is 33.3 Å². The Bertz CT molecular complexity index is 555. The van der Waals surface area contributed by atoms with E-state index in [0.29, 0.717) is 19.4 Å². The minimum absolute atomic E-state index is 0.318. The molecule has 0 saturated carbocycles.